The quantitative estimate of drug-likeness (QED) is 0.780. The molecule has 100 valence electrons. The van der Waals surface area contributed by atoms with Crippen molar-refractivity contribution < 1.29 is 9.47 Å². The molecule has 0 saturated carbocycles. The SMILES string of the molecule is COc1nc2sccn2c1CNCCOC(C)C. The molecule has 0 aliphatic rings. The summed E-state index contributed by atoms with van der Waals surface area (Å²) in [5.41, 5.74) is 1.05. The fraction of sp³-hybridized carbons (Fsp3) is 0.583. The minimum Gasteiger partial charge on any atom is -0.480 e. The molecule has 0 fully saturated rings. The van der Waals surface area contributed by atoms with Crippen LogP contribution in [-0.4, -0.2) is 35.8 Å². The second-order valence-electron chi connectivity index (χ2n) is 4.22. The number of hydrogen-bond acceptors (Lipinski definition) is 5. The number of ether oxygens (including phenoxy) is 2. The summed E-state index contributed by atoms with van der Waals surface area (Å²) in [6, 6.07) is 0. The summed E-state index contributed by atoms with van der Waals surface area (Å²) in [5, 5.41) is 5.36. The maximum absolute atomic E-state index is 5.48. The van der Waals surface area contributed by atoms with Gasteiger partial charge >= 0.3 is 0 Å². The van der Waals surface area contributed by atoms with Gasteiger partial charge in [-0.1, -0.05) is 0 Å². The molecule has 2 aromatic rings. The van der Waals surface area contributed by atoms with Gasteiger partial charge < -0.3 is 14.8 Å². The summed E-state index contributed by atoms with van der Waals surface area (Å²) in [5.74, 6) is 0.694. The van der Waals surface area contributed by atoms with Gasteiger partial charge in [0.05, 0.1) is 19.8 Å². The van der Waals surface area contributed by atoms with Gasteiger partial charge in [-0.3, -0.25) is 4.40 Å². The number of fused-ring (bicyclic) bond motifs is 1. The lowest BCUT2D eigenvalue weighted by Crippen LogP contribution is -2.21. The van der Waals surface area contributed by atoms with E-state index < -0.39 is 0 Å². The Labute approximate surface area is 111 Å². The van der Waals surface area contributed by atoms with Crippen molar-refractivity contribution >= 4 is 16.3 Å². The Morgan fingerprint density at radius 3 is 3.06 bits per heavy atom. The lowest BCUT2D eigenvalue weighted by atomic mass is 10.4. The van der Waals surface area contributed by atoms with Crippen LogP contribution < -0.4 is 10.1 Å². The van der Waals surface area contributed by atoms with Crippen LogP contribution in [0.3, 0.4) is 0 Å². The van der Waals surface area contributed by atoms with E-state index in [1.54, 1.807) is 18.4 Å². The van der Waals surface area contributed by atoms with Crippen LogP contribution in [0, 0.1) is 0 Å². The van der Waals surface area contributed by atoms with Crippen LogP contribution in [0.1, 0.15) is 19.5 Å². The zero-order chi connectivity index (χ0) is 13.0. The molecule has 0 spiro atoms. The Morgan fingerprint density at radius 1 is 1.50 bits per heavy atom. The predicted octanol–water partition coefficient (Wildman–Crippen LogP) is 1.92. The van der Waals surface area contributed by atoms with Crippen molar-refractivity contribution in [2.75, 3.05) is 20.3 Å². The van der Waals surface area contributed by atoms with Crippen molar-refractivity contribution in [2.24, 2.45) is 0 Å². The Balaban J connectivity index is 1.91. The normalized spacial score (nSPS) is 11.6. The van der Waals surface area contributed by atoms with Gasteiger partial charge in [-0.15, -0.1) is 11.3 Å². The molecule has 6 heteroatoms. The Hall–Kier alpha value is -1.11. The van der Waals surface area contributed by atoms with E-state index in [2.05, 4.69) is 14.7 Å². The Bertz CT molecular complexity index is 492. The topological polar surface area (TPSA) is 47.8 Å². The van der Waals surface area contributed by atoms with Gasteiger partial charge in [-0.25, -0.2) is 0 Å². The molecule has 5 nitrogen and oxygen atoms in total. The van der Waals surface area contributed by atoms with E-state index in [9.17, 15) is 0 Å². The zero-order valence-electron chi connectivity index (χ0n) is 11.0. The monoisotopic (exact) mass is 269 g/mol. The second kappa shape index (κ2) is 6.17. The first kappa shape index (κ1) is 13.3. The molecule has 0 atom stereocenters. The zero-order valence-corrected chi connectivity index (χ0v) is 11.8. The summed E-state index contributed by atoms with van der Waals surface area (Å²) >= 11 is 1.60. The van der Waals surface area contributed by atoms with Gasteiger partial charge in [0.2, 0.25) is 5.88 Å². The van der Waals surface area contributed by atoms with Crippen LogP contribution in [0.2, 0.25) is 0 Å². The van der Waals surface area contributed by atoms with E-state index in [-0.39, 0.29) is 6.10 Å². The number of aromatic nitrogens is 2. The number of thiazole rings is 1. The van der Waals surface area contributed by atoms with Gasteiger partial charge in [-0.2, -0.15) is 4.98 Å². The molecule has 0 aliphatic heterocycles. The number of rotatable bonds is 7. The number of nitrogens with zero attached hydrogens (tertiary/aromatic N) is 2. The molecule has 0 unspecified atom stereocenters. The summed E-state index contributed by atoms with van der Waals surface area (Å²) in [6.45, 7) is 6.33. The predicted molar refractivity (Wildman–Crippen MR) is 72.4 cm³/mol. The highest BCUT2D eigenvalue weighted by Crippen LogP contribution is 2.22. The summed E-state index contributed by atoms with van der Waals surface area (Å²) in [4.78, 5) is 5.37. The lowest BCUT2D eigenvalue weighted by Gasteiger charge is -2.08. The third-order valence-corrected chi connectivity index (χ3v) is 3.30. The van der Waals surface area contributed by atoms with Crippen LogP contribution in [0.25, 0.3) is 4.96 Å². The Kier molecular flexibility index (Phi) is 4.57. The molecular formula is C12H19N3O2S. The largest absolute Gasteiger partial charge is 0.480 e. The standard InChI is InChI=1S/C12H19N3O2S/c1-9(2)17-6-4-13-8-10-11(16-3)14-12-15(10)5-7-18-12/h5,7,9,13H,4,6,8H2,1-3H3. The molecule has 2 aromatic heterocycles. The van der Waals surface area contributed by atoms with E-state index in [0.717, 1.165) is 23.7 Å². The highest BCUT2D eigenvalue weighted by Gasteiger charge is 2.12. The summed E-state index contributed by atoms with van der Waals surface area (Å²) < 4.78 is 12.8. The average Bonchev–Trinajstić information content (AvgIpc) is 2.89. The smallest absolute Gasteiger partial charge is 0.237 e. The van der Waals surface area contributed by atoms with Crippen molar-refractivity contribution in [1.82, 2.24) is 14.7 Å². The maximum atomic E-state index is 5.48. The number of nitrogens with one attached hydrogen (secondary N) is 1. The Morgan fingerprint density at radius 2 is 2.33 bits per heavy atom. The van der Waals surface area contributed by atoms with Gasteiger partial charge in [0.1, 0.15) is 5.69 Å². The highest BCUT2D eigenvalue weighted by molar-refractivity contribution is 7.15. The molecule has 0 bridgehead atoms. The van der Waals surface area contributed by atoms with Crippen LogP contribution >= 0.6 is 11.3 Å². The molecule has 0 aliphatic carbocycles. The van der Waals surface area contributed by atoms with Gasteiger partial charge in [0.15, 0.2) is 4.96 Å². The average molecular weight is 269 g/mol. The maximum Gasteiger partial charge on any atom is 0.237 e. The fourth-order valence-electron chi connectivity index (χ4n) is 1.71. The van der Waals surface area contributed by atoms with E-state index in [0.29, 0.717) is 12.5 Å². The van der Waals surface area contributed by atoms with Crippen LogP contribution in [-0.2, 0) is 11.3 Å². The minimum atomic E-state index is 0.278. The molecule has 0 amide bonds. The van der Waals surface area contributed by atoms with Crippen molar-refractivity contribution in [3.8, 4) is 5.88 Å². The molecule has 2 heterocycles. The van der Waals surface area contributed by atoms with E-state index in [1.807, 2.05) is 25.4 Å². The third-order valence-electron chi connectivity index (χ3n) is 2.54. The number of hydrogen-bond donors (Lipinski definition) is 1. The van der Waals surface area contributed by atoms with Gasteiger partial charge in [-0.05, 0) is 13.8 Å². The van der Waals surface area contributed by atoms with Crippen LogP contribution in [0.4, 0.5) is 0 Å². The summed E-state index contributed by atoms with van der Waals surface area (Å²) in [6.07, 6.45) is 2.29. The van der Waals surface area contributed by atoms with Crippen LogP contribution in [0.5, 0.6) is 5.88 Å². The van der Waals surface area contributed by atoms with E-state index >= 15 is 0 Å². The van der Waals surface area contributed by atoms with Crippen molar-refractivity contribution in [1.29, 1.82) is 0 Å². The molecular weight excluding hydrogens is 250 g/mol. The molecule has 0 radical (unpaired) electrons. The molecule has 0 saturated heterocycles. The molecule has 0 aromatic carbocycles. The van der Waals surface area contributed by atoms with Crippen molar-refractivity contribution in [2.45, 2.75) is 26.5 Å². The van der Waals surface area contributed by atoms with Crippen LogP contribution in [0.15, 0.2) is 11.6 Å². The first-order chi connectivity index (χ1) is 8.72. The van der Waals surface area contributed by atoms with Crippen molar-refractivity contribution in [3.05, 3.63) is 17.3 Å². The van der Waals surface area contributed by atoms with E-state index in [4.69, 9.17) is 9.47 Å². The second-order valence-corrected chi connectivity index (χ2v) is 5.09. The van der Waals surface area contributed by atoms with Gasteiger partial charge in [0.25, 0.3) is 0 Å². The van der Waals surface area contributed by atoms with E-state index in [1.165, 1.54) is 0 Å². The summed E-state index contributed by atoms with van der Waals surface area (Å²) in [7, 11) is 1.65. The minimum absolute atomic E-state index is 0.278. The van der Waals surface area contributed by atoms with Gasteiger partial charge in [0, 0.05) is 24.7 Å². The molecule has 18 heavy (non-hydrogen) atoms. The highest BCUT2D eigenvalue weighted by atomic mass is 32.1. The first-order valence-electron chi connectivity index (χ1n) is 6.03. The fourth-order valence-corrected chi connectivity index (χ4v) is 2.44. The molecule has 2 rings (SSSR count). The third kappa shape index (κ3) is 3.01. The first-order valence-corrected chi connectivity index (χ1v) is 6.91. The lowest BCUT2D eigenvalue weighted by molar-refractivity contribution is 0.0806. The van der Waals surface area contributed by atoms with Crippen molar-refractivity contribution in [3.63, 3.8) is 0 Å². The molecule has 1 N–H and O–H groups in total. The number of methoxy groups -OCH3 is 1. The number of imidazole rings is 1.